The molecular weight excluding hydrogens is 314 g/mol. The van der Waals surface area contributed by atoms with Gasteiger partial charge in [0.1, 0.15) is 0 Å². The average molecular weight is 335 g/mol. The van der Waals surface area contributed by atoms with Gasteiger partial charge in [-0.15, -0.1) is 0 Å². The van der Waals surface area contributed by atoms with Crippen LogP contribution in [0, 0.1) is 0 Å². The molecule has 0 amide bonds. The van der Waals surface area contributed by atoms with E-state index in [1.54, 1.807) is 7.11 Å². The number of anilines is 1. The summed E-state index contributed by atoms with van der Waals surface area (Å²) in [6.45, 7) is 4.41. The third-order valence-electron chi connectivity index (χ3n) is 2.85. The molecule has 4 heteroatoms. The van der Waals surface area contributed by atoms with Crippen molar-refractivity contribution in [2.24, 2.45) is 0 Å². The van der Waals surface area contributed by atoms with E-state index in [0.29, 0.717) is 11.1 Å². The van der Waals surface area contributed by atoms with Crippen LogP contribution in [0.1, 0.15) is 39.5 Å². The molecule has 0 aromatic heterocycles. The fourth-order valence-electron chi connectivity index (χ4n) is 2.08. The van der Waals surface area contributed by atoms with Gasteiger partial charge in [0.05, 0.1) is 17.3 Å². The van der Waals surface area contributed by atoms with Crippen LogP contribution in [-0.2, 0) is 0 Å². The predicted octanol–water partition coefficient (Wildman–Crippen LogP) is 5.49. The second-order valence-electron chi connectivity index (χ2n) is 4.39. The van der Waals surface area contributed by atoms with Crippen LogP contribution in [0.3, 0.4) is 0 Å². The van der Waals surface area contributed by atoms with Crippen LogP contribution in [0.4, 0.5) is 5.69 Å². The Labute approximate surface area is 123 Å². The van der Waals surface area contributed by atoms with Gasteiger partial charge in [-0.25, -0.2) is 0 Å². The van der Waals surface area contributed by atoms with Crippen molar-refractivity contribution < 1.29 is 4.74 Å². The zero-order chi connectivity index (χ0) is 13.5. The number of rotatable bonds is 7. The van der Waals surface area contributed by atoms with E-state index in [1.165, 1.54) is 12.8 Å². The highest BCUT2D eigenvalue weighted by molar-refractivity contribution is 9.10. The smallest absolute Gasteiger partial charge is 0.156 e. The van der Waals surface area contributed by atoms with E-state index in [4.69, 9.17) is 16.3 Å². The first-order valence-corrected chi connectivity index (χ1v) is 7.59. The molecule has 0 unspecified atom stereocenters. The van der Waals surface area contributed by atoms with Crippen LogP contribution < -0.4 is 10.1 Å². The number of hydrogen-bond acceptors (Lipinski definition) is 2. The molecule has 102 valence electrons. The lowest BCUT2D eigenvalue weighted by atomic mass is 10.1. The predicted molar refractivity (Wildman–Crippen MR) is 82.9 cm³/mol. The highest BCUT2D eigenvalue weighted by Crippen LogP contribution is 2.37. The average Bonchev–Trinajstić information content (AvgIpc) is 2.29. The summed E-state index contributed by atoms with van der Waals surface area (Å²) in [5.41, 5.74) is 0.962. The molecule has 0 aliphatic heterocycles. The maximum absolute atomic E-state index is 6.09. The molecule has 0 atom stereocenters. The van der Waals surface area contributed by atoms with Crippen molar-refractivity contribution >= 4 is 33.2 Å². The zero-order valence-corrected chi connectivity index (χ0v) is 13.6. The van der Waals surface area contributed by atoms with Gasteiger partial charge in [-0.1, -0.05) is 38.3 Å². The monoisotopic (exact) mass is 333 g/mol. The van der Waals surface area contributed by atoms with Crippen LogP contribution >= 0.6 is 27.5 Å². The summed E-state index contributed by atoms with van der Waals surface area (Å²) in [5.74, 6) is 0.816. The van der Waals surface area contributed by atoms with Crippen LogP contribution in [0.25, 0.3) is 0 Å². The Balaban J connectivity index is 2.93. The van der Waals surface area contributed by atoms with Crippen LogP contribution in [0.5, 0.6) is 5.75 Å². The first kappa shape index (κ1) is 15.6. The minimum Gasteiger partial charge on any atom is -0.493 e. The van der Waals surface area contributed by atoms with Crippen molar-refractivity contribution in [2.45, 2.75) is 45.6 Å². The Kier molecular flexibility index (Phi) is 6.87. The summed E-state index contributed by atoms with van der Waals surface area (Å²) in [6, 6.07) is 4.24. The molecule has 18 heavy (non-hydrogen) atoms. The second kappa shape index (κ2) is 7.90. The van der Waals surface area contributed by atoms with E-state index in [9.17, 15) is 0 Å². The molecule has 1 aromatic carbocycles. The lowest BCUT2D eigenvalue weighted by Gasteiger charge is -2.21. The van der Waals surface area contributed by atoms with Gasteiger partial charge in [0, 0.05) is 11.1 Å². The number of halogens is 2. The van der Waals surface area contributed by atoms with Crippen LogP contribution in [0.15, 0.2) is 16.6 Å². The third-order valence-corrected chi connectivity index (χ3v) is 3.65. The largest absolute Gasteiger partial charge is 0.493 e. The molecule has 0 saturated carbocycles. The zero-order valence-electron chi connectivity index (χ0n) is 11.2. The number of benzene rings is 1. The fraction of sp³-hybridized carbons (Fsp3) is 0.571. The number of hydrogen-bond donors (Lipinski definition) is 1. The number of methoxy groups -OCH3 is 1. The van der Waals surface area contributed by atoms with Crippen molar-refractivity contribution in [2.75, 3.05) is 12.4 Å². The van der Waals surface area contributed by atoms with Gasteiger partial charge in [0.2, 0.25) is 0 Å². The molecule has 2 nitrogen and oxygen atoms in total. The van der Waals surface area contributed by atoms with Gasteiger partial charge in [0.25, 0.3) is 0 Å². The lowest BCUT2D eigenvalue weighted by Crippen LogP contribution is -2.19. The Morgan fingerprint density at radius 2 is 1.89 bits per heavy atom. The first-order valence-electron chi connectivity index (χ1n) is 6.41. The normalized spacial score (nSPS) is 10.8. The molecule has 0 heterocycles. The first-order chi connectivity index (χ1) is 8.62. The summed E-state index contributed by atoms with van der Waals surface area (Å²) in [6.07, 6.45) is 4.64. The van der Waals surface area contributed by atoms with Crippen molar-refractivity contribution in [1.82, 2.24) is 0 Å². The maximum Gasteiger partial charge on any atom is 0.156 e. The van der Waals surface area contributed by atoms with E-state index in [2.05, 4.69) is 35.1 Å². The topological polar surface area (TPSA) is 21.3 Å². The van der Waals surface area contributed by atoms with Gasteiger partial charge in [-0.3, -0.25) is 0 Å². The SMILES string of the molecule is CCCC(CCC)Nc1cc(Cl)cc(Br)c1OC. The van der Waals surface area contributed by atoms with E-state index >= 15 is 0 Å². The standard InChI is InChI=1S/C14H21BrClNO/c1-4-6-11(7-5-2)17-13-9-10(16)8-12(15)14(13)18-3/h8-9,11,17H,4-7H2,1-3H3. The molecule has 1 N–H and O–H groups in total. The van der Waals surface area contributed by atoms with Crippen molar-refractivity contribution in [3.63, 3.8) is 0 Å². The Morgan fingerprint density at radius 1 is 1.28 bits per heavy atom. The van der Waals surface area contributed by atoms with Gasteiger partial charge in [-0.2, -0.15) is 0 Å². The maximum atomic E-state index is 6.09. The van der Waals surface area contributed by atoms with E-state index in [0.717, 1.165) is 28.8 Å². The molecule has 0 aliphatic carbocycles. The molecule has 1 aromatic rings. The van der Waals surface area contributed by atoms with Crippen LogP contribution in [-0.4, -0.2) is 13.2 Å². The van der Waals surface area contributed by atoms with Gasteiger partial charge in [0.15, 0.2) is 5.75 Å². The highest BCUT2D eigenvalue weighted by Gasteiger charge is 2.13. The Morgan fingerprint density at radius 3 is 2.39 bits per heavy atom. The van der Waals surface area contributed by atoms with E-state index in [1.807, 2.05) is 12.1 Å². The molecule has 0 spiro atoms. The summed E-state index contributed by atoms with van der Waals surface area (Å²) in [7, 11) is 1.67. The van der Waals surface area contributed by atoms with Crippen molar-refractivity contribution in [3.05, 3.63) is 21.6 Å². The molecule has 0 aliphatic rings. The second-order valence-corrected chi connectivity index (χ2v) is 5.68. The lowest BCUT2D eigenvalue weighted by molar-refractivity contribution is 0.412. The van der Waals surface area contributed by atoms with E-state index < -0.39 is 0 Å². The Hall–Kier alpha value is -0.410. The quantitative estimate of drug-likeness (QED) is 0.711. The molecular formula is C14H21BrClNO. The minimum absolute atomic E-state index is 0.472. The number of ether oxygens (including phenoxy) is 1. The van der Waals surface area contributed by atoms with Crippen LogP contribution in [0.2, 0.25) is 5.02 Å². The summed E-state index contributed by atoms with van der Waals surface area (Å²) >= 11 is 9.57. The molecule has 1 rings (SSSR count). The van der Waals surface area contributed by atoms with Crippen molar-refractivity contribution in [3.8, 4) is 5.75 Å². The van der Waals surface area contributed by atoms with Gasteiger partial charge >= 0.3 is 0 Å². The fourth-order valence-corrected chi connectivity index (χ4v) is 3.05. The van der Waals surface area contributed by atoms with Crippen molar-refractivity contribution in [1.29, 1.82) is 0 Å². The molecule has 0 saturated heterocycles. The highest BCUT2D eigenvalue weighted by atomic mass is 79.9. The summed E-state index contributed by atoms with van der Waals surface area (Å²) in [4.78, 5) is 0. The summed E-state index contributed by atoms with van der Waals surface area (Å²) in [5, 5.41) is 4.25. The minimum atomic E-state index is 0.472. The third kappa shape index (κ3) is 4.36. The molecule has 0 fully saturated rings. The summed E-state index contributed by atoms with van der Waals surface area (Å²) < 4.78 is 6.30. The number of nitrogens with one attached hydrogen (secondary N) is 1. The van der Waals surface area contributed by atoms with Gasteiger partial charge in [-0.05, 0) is 40.9 Å². The molecule has 0 radical (unpaired) electrons. The Bertz CT molecular complexity index is 378. The molecule has 0 bridgehead atoms. The van der Waals surface area contributed by atoms with E-state index in [-0.39, 0.29) is 0 Å². The van der Waals surface area contributed by atoms with Gasteiger partial charge < -0.3 is 10.1 Å².